The van der Waals surface area contributed by atoms with Crippen molar-refractivity contribution in [3.8, 4) is 0 Å². The molecule has 106 valence electrons. The summed E-state index contributed by atoms with van der Waals surface area (Å²) in [5.41, 5.74) is 2.56. The van der Waals surface area contributed by atoms with Gasteiger partial charge in [-0.15, -0.1) is 0 Å². The molecule has 0 aliphatic heterocycles. The summed E-state index contributed by atoms with van der Waals surface area (Å²) in [5.74, 6) is 0. The maximum absolute atomic E-state index is 12.9. The van der Waals surface area contributed by atoms with Crippen LogP contribution < -0.4 is 5.32 Å². The molecule has 1 aliphatic carbocycles. The molecule has 1 aliphatic rings. The Labute approximate surface area is 119 Å². The Hall–Kier alpha value is -0.670. The van der Waals surface area contributed by atoms with Gasteiger partial charge in [0.15, 0.2) is 0 Å². The molecule has 0 bridgehead atoms. The minimum atomic E-state index is -0.920. The predicted octanol–water partition coefficient (Wildman–Crippen LogP) is 3.19. The molecule has 0 saturated heterocycles. The van der Waals surface area contributed by atoms with Crippen molar-refractivity contribution in [2.24, 2.45) is 5.41 Å². The average molecular weight is 279 g/mol. The third-order valence-corrected chi connectivity index (χ3v) is 6.36. The first-order chi connectivity index (χ1) is 8.86. The molecule has 2 rings (SSSR count). The van der Waals surface area contributed by atoms with Crippen molar-refractivity contribution in [1.82, 2.24) is 5.32 Å². The van der Waals surface area contributed by atoms with Gasteiger partial charge < -0.3 is 5.32 Å². The number of hydrogen-bond acceptors (Lipinski definition) is 2. The van der Waals surface area contributed by atoms with E-state index in [4.69, 9.17) is 0 Å². The van der Waals surface area contributed by atoms with Crippen LogP contribution in [0, 0.1) is 19.3 Å². The highest BCUT2D eigenvalue weighted by Crippen LogP contribution is 2.41. The van der Waals surface area contributed by atoms with E-state index in [1.165, 1.54) is 5.56 Å². The number of nitrogens with one attached hydrogen (secondary N) is 1. The van der Waals surface area contributed by atoms with Gasteiger partial charge in [-0.05, 0) is 56.3 Å². The van der Waals surface area contributed by atoms with E-state index >= 15 is 0 Å². The Bertz CT molecular complexity index is 496. The number of benzene rings is 1. The lowest BCUT2D eigenvalue weighted by Crippen LogP contribution is -2.44. The van der Waals surface area contributed by atoms with E-state index in [1.807, 2.05) is 7.05 Å². The molecular weight excluding hydrogens is 254 g/mol. The topological polar surface area (TPSA) is 29.1 Å². The summed E-state index contributed by atoms with van der Waals surface area (Å²) >= 11 is 0. The molecule has 3 heteroatoms. The van der Waals surface area contributed by atoms with E-state index in [0.29, 0.717) is 6.04 Å². The first-order valence-corrected chi connectivity index (χ1v) is 8.23. The van der Waals surface area contributed by atoms with Gasteiger partial charge in [-0.25, -0.2) is 0 Å². The lowest BCUT2D eigenvalue weighted by molar-refractivity contribution is 0.299. The first kappa shape index (κ1) is 14.7. The summed E-state index contributed by atoms with van der Waals surface area (Å²) in [6, 6.07) is 6.58. The Morgan fingerprint density at radius 3 is 2.63 bits per heavy atom. The summed E-state index contributed by atoms with van der Waals surface area (Å²) in [7, 11) is 1.07. The molecule has 19 heavy (non-hydrogen) atoms. The minimum Gasteiger partial charge on any atom is -0.315 e. The Kier molecular flexibility index (Phi) is 4.17. The highest BCUT2D eigenvalue weighted by molar-refractivity contribution is 7.85. The van der Waals surface area contributed by atoms with Gasteiger partial charge in [0.2, 0.25) is 0 Å². The monoisotopic (exact) mass is 279 g/mol. The summed E-state index contributed by atoms with van der Waals surface area (Å²) in [6.45, 7) is 8.67. The van der Waals surface area contributed by atoms with Crippen molar-refractivity contribution in [2.45, 2.75) is 56.7 Å². The molecule has 3 atom stereocenters. The van der Waals surface area contributed by atoms with Gasteiger partial charge in [0, 0.05) is 10.9 Å². The molecule has 3 unspecified atom stereocenters. The highest BCUT2D eigenvalue weighted by atomic mass is 32.2. The second-order valence-corrected chi connectivity index (χ2v) is 8.04. The highest BCUT2D eigenvalue weighted by Gasteiger charge is 2.44. The molecular formula is C16H25NOS. The molecule has 0 heterocycles. The quantitative estimate of drug-likeness (QED) is 0.920. The molecule has 1 N–H and O–H groups in total. The van der Waals surface area contributed by atoms with Crippen LogP contribution in [-0.2, 0) is 10.8 Å². The molecule has 2 nitrogen and oxygen atoms in total. The van der Waals surface area contributed by atoms with E-state index in [1.54, 1.807) is 0 Å². The fourth-order valence-corrected chi connectivity index (χ4v) is 5.33. The molecule has 1 aromatic rings. The summed E-state index contributed by atoms with van der Waals surface area (Å²) in [4.78, 5) is 1.02. The molecule has 1 aromatic carbocycles. The predicted molar refractivity (Wildman–Crippen MR) is 82.0 cm³/mol. The number of hydrogen-bond donors (Lipinski definition) is 1. The lowest BCUT2D eigenvalue weighted by atomic mass is 9.87. The van der Waals surface area contributed by atoms with Crippen LogP contribution in [0.2, 0.25) is 0 Å². The van der Waals surface area contributed by atoms with Gasteiger partial charge >= 0.3 is 0 Å². The first-order valence-electron chi connectivity index (χ1n) is 7.02. The third-order valence-electron chi connectivity index (χ3n) is 4.43. The summed E-state index contributed by atoms with van der Waals surface area (Å²) in [5, 5.41) is 3.62. The normalized spacial score (nSPS) is 27.4. The fourth-order valence-electron chi connectivity index (χ4n) is 3.23. The van der Waals surface area contributed by atoms with Crippen molar-refractivity contribution in [3.63, 3.8) is 0 Å². The molecule has 0 radical (unpaired) electrons. The summed E-state index contributed by atoms with van der Waals surface area (Å²) < 4.78 is 12.9. The largest absolute Gasteiger partial charge is 0.315 e. The van der Waals surface area contributed by atoms with E-state index in [0.717, 1.165) is 23.3 Å². The standard InChI is InChI=1S/C16H25NOS/c1-11-6-7-12(2)14(10-11)19(18)13-8-9-16(3,4)15(13)17-5/h6-7,10,13,15,17H,8-9H2,1-5H3. The maximum atomic E-state index is 12.9. The molecule has 1 fully saturated rings. The zero-order chi connectivity index (χ0) is 14.2. The molecule has 1 saturated carbocycles. The molecule has 0 amide bonds. The Morgan fingerprint density at radius 1 is 1.32 bits per heavy atom. The van der Waals surface area contributed by atoms with E-state index in [9.17, 15) is 4.21 Å². The smallest absolute Gasteiger partial charge is 0.0579 e. The van der Waals surface area contributed by atoms with E-state index in [-0.39, 0.29) is 10.7 Å². The zero-order valence-corrected chi connectivity index (χ0v) is 13.4. The summed E-state index contributed by atoms with van der Waals surface area (Å²) in [6.07, 6.45) is 2.18. The minimum absolute atomic E-state index is 0.223. The average Bonchev–Trinajstić information content (AvgIpc) is 2.66. The van der Waals surface area contributed by atoms with Crippen LogP contribution in [0.25, 0.3) is 0 Å². The van der Waals surface area contributed by atoms with Crippen LogP contribution in [0.3, 0.4) is 0 Å². The van der Waals surface area contributed by atoms with Crippen LogP contribution in [0.1, 0.15) is 37.8 Å². The van der Waals surface area contributed by atoms with Crippen LogP contribution >= 0.6 is 0 Å². The van der Waals surface area contributed by atoms with Crippen molar-refractivity contribution >= 4 is 10.8 Å². The van der Waals surface area contributed by atoms with Gasteiger partial charge in [0.1, 0.15) is 0 Å². The SMILES string of the molecule is CNC1C(S(=O)c2cc(C)ccc2C)CCC1(C)C. The molecule has 0 spiro atoms. The van der Waals surface area contributed by atoms with Crippen LogP contribution in [0.15, 0.2) is 23.1 Å². The van der Waals surface area contributed by atoms with Gasteiger partial charge in [-0.1, -0.05) is 26.0 Å². The molecule has 0 aromatic heterocycles. The van der Waals surface area contributed by atoms with Crippen molar-refractivity contribution in [1.29, 1.82) is 0 Å². The fraction of sp³-hybridized carbons (Fsp3) is 0.625. The zero-order valence-electron chi connectivity index (χ0n) is 12.6. The van der Waals surface area contributed by atoms with Crippen LogP contribution in [0.5, 0.6) is 0 Å². The second-order valence-electron chi connectivity index (χ2n) is 6.40. The van der Waals surface area contributed by atoms with Gasteiger partial charge in [-0.3, -0.25) is 4.21 Å². The Balaban J connectivity index is 2.32. The van der Waals surface area contributed by atoms with Crippen molar-refractivity contribution in [2.75, 3.05) is 7.05 Å². The van der Waals surface area contributed by atoms with Crippen LogP contribution in [-0.4, -0.2) is 22.5 Å². The number of aryl methyl sites for hydroxylation is 2. The number of rotatable bonds is 3. The lowest BCUT2D eigenvalue weighted by Gasteiger charge is -2.30. The second kappa shape index (κ2) is 5.37. The van der Waals surface area contributed by atoms with Crippen LogP contribution in [0.4, 0.5) is 0 Å². The van der Waals surface area contributed by atoms with E-state index < -0.39 is 10.8 Å². The van der Waals surface area contributed by atoms with E-state index in [2.05, 4.69) is 51.2 Å². The third kappa shape index (κ3) is 2.77. The van der Waals surface area contributed by atoms with Crippen molar-refractivity contribution < 1.29 is 4.21 Å². The van der Waals surface area contributed by atoms with Crippen molar-refractivity contribution in [3.05, 3.63) is 29.3 Å². The van der Waals surface area contributed by atoms with Gasteiger partial charge in [-0.2, -0.15) is 0 Å². The van der Waals surface area contributed by atoms with Gasteiger partial charge in [0.25, 0.3) is 0 Å². The van der Waals surface area contributed by atoms with Gasteiger partial charge in [0.05, 0.1) is 16.0 Å². The Morgan fingerprint density at radius 2 is 2.00 bits per heavy atom. The maximum Gasteiger partial charge on any atom is 0.0579 e.